The number of halogens is 2. The molecule has 2 aromatic rings. The van der Waals surface area contributed by atoms with Gasteiger partial charge < -0.3 is 10.2 Å². The quantitative estimate of drug-likeness (QED) is 0.876. The Hall–Kier alpha value is -2.83. The van der Waals surface area contributed by atoms with E-state index >= 15 is 0 Å². The molecule has 3 rings (SSSR count). The fourth-order valence-corrected chi connectivity index (χ4v) is 3.18. The first-order chi connectivity index (χ1) is 13.0. The highest BCUT2D eigenvalue weighted by Gasteiger charge is 2.28. The average Bonchev–Trinajstić information content (AvgIpc) is 2.68. The Kier molecular flexibility index (Phi) is 6.11. The van der Waals surface area contributed by atoms with Gasteiger partial charge in [-0.15, -0.1) is 0 Å². The van der Waals surface area contributed by atoms with Crippen molar-refractivity contribution in [1.29, 1.82) is 0 Å². The van der Waals surface area contributed by atoms with Gasteiger partial charge in [0, 0.05) is 49.9 Å². The van der Waals surface area contributed by atoms with Crippen molar-refractivity contribution in [3.63, 3.8) is 0 Å². The topological polar surface area (TPSA) is 62.3 Å². The summed E-state index contributed by atoms with van der Waals surface area (Å²) < 4.78 is 26.8. The summed E-state index contributed by atoms with van der Waals surface area (Å²) in [7, 11) is 0. The van der Waals surface area contributed by atoms with Crippen molar-refractivity contribution in [1.82, 2.24) is 15.2 Å². The van der Waals surface area contributed by atoms with Gasteiger partial charge >= 0.3 is 0 Å². The van der Waals surface area contributed by atoms with Crippen LogP contribution >= 0.6 is 0 Å². The summed E-state index contributed by atoms with van der Waals surface area (Å²) in [6.45, 7) is 1.25. The molecule has 0 bridgehead atoms. The lowest BCUT2D eigenvalue weighted by Crippen LogP contribution is -2.43. The molecule has 0 saturated carbocycles. The molecule has 142 valence electrons. The minimum absolute atomic E-state index is 0.0361. The molecule has 1 aliphatic rings. The van der Waals surface area contributed by atoms with E-state index in [1.807, 2.05) is 18.2 Å². The number of carbonyl (C=O) groups excluding carboxylic acids is 2. The first-order valence-corrected chi connectivity index (χ1v) is 8.96. The second-order valence-electron chi connectivity index (χ2n) is 6.55. The van der Waals surface area contributed by atoms with Gasteiger partial charge in [-0.25, -0.2) is 8.78 Å². The maximum atomic E-state index is 13.8. The van der Waals surface area contributed by atoms with Gasteiger partial charge in [-0.3, -0.25) is 14.6 Å². The number of nitrogens with one attached hydrogen (secondary N) is 1. The van der Waals surface area contributed by atoms with Crippen molar-refractivity contribution < 1.29 is 18.4 Å². The number of hydrogen-bond donors (Lipinski definition) is 1. The zero-order valence-electron chi connectivity index (χ0n) is 14.8. The zero-order valence-corrected chi connectivity index (χ0v) is 14.8. The molecular formula is C20H21F2N3O2. The molecule has 0 spiro atoms. The molecule has 2 heterocycles. The smallest absolute Gasteiger partial charge is 0.256 e. The molecule has 0 unspecified atom stereocenters. The normalized spacial score (nSPS) is 14.8. The van der Waals surface area contributed by atoms with E-state index in [2.05, 4.69) is 10.3 Å². The predicted molar refractivity (Wildman–Crippen MR) is 95.9 cm³/mol. The van der Waals surface area contributed by atoms with Crippen LogP contribution in [0.2, 0.25) is 0 Å². The second kappa shape index (κ2) is 8.70. The summed E-state index contributed by atoms with van der Waals surface area (Å²) >= 11 is 0. The van der Waals surface area contributed by atoms with Crippen LogP contribution in [0.25, 0.3) is 0 Å². The van der Waals surface area contributed by atoms with Crippen LogP contribution < -0.4 is 5.32 Å². The monoisotopic (exact) mass is 373 g/mol. The SMILES string of the molecule is O=C(NCCc1ccccn1)C1CCN(C(=O)c2ccc(F)cc2F)CC1. The lowest BCUT2D eigenvalue weighted by Gasteiger charge is -2.31. The molecule has 5 nitrogen and oxygen atoms in total. The van der Waals surface area contributed by atoms with Crippen LogP contribution in [-0.4, -0.2) is 41.3 Å². The minimum atomic E-state index is -0.866. The number of nitrogens with zero attached hydrogens (tertiary/aromatic N) is 2. The summed E-state index contributed by atoms with van der Waals surface area (Å²) in [6, 6.07) is 8.58. The van der Waals surface area contributed by atoms with Gasteiger partial charge in [-0.05, 0) is 37.1 Å². The van der Waals surface area contributed by atoms with Gasteiger partial charge in [0.1, 0.15) is 11.6 Å². The molecule has 1 saturated heterocycles. The van der Waals surface area contributed by atoms with Crippen LogP contribution in [0, 0.1) is 17.6 Å². The van der Waals surface area contributed by atoms with E-state index in [4.69, 9.17) is 0 Å². The van der Waals surface area contributed by atoms with Gasteiger partial charge in [0.2, 0.25) is 5.91 Å². The first kappa shape index (κ1) is 18.9. The number of carbonyl (C=O) groups is 2. The van der Waals surface area contributed by atoms with Crippen LogP contribution in [0.5, 0.6) is 0 Å². The third-order valence-electron chi connectivity index (χ3n) is 4.72. The molecule has 1 N–H and O–H groups in total. The summed E-state index contributed by atoms with van der Waals surface area (Å²) in [5.41, 5.74) is 0.772. The Morgan fingerprint density at radius 1 is 1.15 bits per heavy atom. The second-order valence-corrected chi connectivity index (χ2v) is 6.55. The van der Waals surface area contributed by atoms with Gasteiger partial charge in [0.05, 0.1) is 5.56 Å². The van der Waals surface area contributed by atoms with Crippen molar-refractivity contribution >= 4 is 11.8 Å². The highest BCUT2D eigenvalue weighted by atomic mass is 19.1. The van der Waals surface area contributed by atoms with Crippen LogP contribution in [0.3, 0.4) is 0 Å². The van der Waals surface area contributed by atoms with Gasteiger partial charge in [0.15, 0.2) is 0 Å². The Morgan fingerprint density at radius 2 is 1.93 bits per heavy atom. The molecular weight excluding hydrogens is 352 g/mol. The van der Waals surface area contributed by atoms with Crippen molar-refractivity contribution in [2.45, 2.75) is 19.3 Å². The van der Waals surface area contributed by atoms with Crippen LogP contribution in [0.4, 0.5) is 8.78 Å². The lowest BCUT2D eigenvalue weighted by atomic mass is 9.95. The number of piperidine rings is 1. The van der Waals surface area contributed by atoms with E-state index in [9.17, 15) is 18.4 Å². The Labute approximate surface area is 156 Å². The van der Waals surface area contributed by atoms with Crippen LogP contribution in [0.15, 0.2) is 42.6 Å². The van der Waals surface area contributed by atoms with E-state index in [0.717, 1.165) is 17.8 Å². The van der Waals surface area contributed by atoms with Crippen molar-refractivity contribution in [3.8, 4) is 0 Å². The highest BCUT2D eigenvalue weighted by Crippen LogP contribution is 2.20. The molecule has 1 aromatic heterocycles. The number of likely N-dealkylation sites (tertiary alicyclic amines) is 1. The lowest BCUT2D eigenvalue weighted by molar-refractivity contribution is -0.126. The van der Waals surface area contributed by atoms with E-state index in [1.165, 1.54) is 4.90 Å². The number of pyridine rings is 1. The summed E-state index contributed by atoms with van der Waals surface area (Å²) in [6.07, 6.45) is 3.41. The molecule has 0 aliphatic carbocycles. The minimum Gasteiger partial charge on any atom is -0.355 e. The average molecular weight is 373 g/mol. The Balaban J connectivity index is 1.46. The van der Waals surface area contributed by atoms with Crippen molar-refractivity contribution in [3.05, 3.63) is 65.5 Å². The number of aromatic nitrogens is 1. The van der Waals surface area contributed by atoms with E-state index in [1.54, 1.807) is 6.20 Å². The Morgan fingerprint density at radius 3 is 2.59 bits per heavy atom. The molecule has 1 aliphatic heterocycles. The van der Waals surface area contributed by atoms with Gasteiger partial charge in [-0.1, -0.05) is 6.07 Å². The van der Waals surface area contributed by atoms with Crippen LogP contribution in [0.1, 0.15) is 28.9 Å². The van der Waals surface area contributed by atoms with Gasteiger partial charge in [0.25, 0.3) is 5.91 Å². The third-order valence-corrected chi connectivity index (χ3v) is 4.72. The maximum Gasteiger partial charge on any atom is 0.256 e. The summed E-state index contributed by atoms with van der Waals surface area (Å²) in [5.74, 6) is -2.26. The van der Waals surface area contributed by atoms with E-state index < -0.39 is 17.5 Å². The fraction of sp³-hybridized carbons (Fsp3) is 0.350. The Bertz CT molecular complexity index is 806. The molecule has 7 heteroatoms. The molecule has 1 fully saturated rings. The summed E-state index contributed by atoms with van der Waals surface area (Å²) in [5, 5.41) is 2.91. The number of rotatable bonds is 5. The first-order valence-electron chi connectivity index (χ1n) is 8.96. The predicted octanol–water partition coefficient (Wildman–Crippen LogP) is 2.57. The standard InChI is InChI=1S/C20H21F2N3O2/c21-15-4-5-17(18(22)13-15)20(27)25-11-7-14(8-12-25)19(26)24-10-6-16-3-1-2-9-23-16/h1-5,9,13-14H,6-8,10-12H2,(H,24,26). The van der Waals surface area contributed by atoms with E-state index in [0.29, 0.717) is 45.0 Å². The molecule has 27 heavy (non-hydrogen) atoms. The van der Waals surface area contributed by atoms with Crippen LogP contribution in [-0.2, 0) is 11.2 Å². The third kappa shape index (κ3) is 4.87. The number of benzene rings is 1. The van der Waals surface area contributed by atoms with E-state index in [-0.39, 0.29) is 17.4 Å². The van der Waals surface area contributed by atoms with Crippen molar-refractivity contribution in [2.24, 2.45) is 5.92 Å². The molecule has 0 radical (unpaired) electrons. The largest absolute Gasteiger partial charge is 0.355 e. The summed E-state index contributed by atoms with van der Waals surface area (Å²) in [4.78, 5) is 30.4. The highest BCUT2D eigenvalue weighted by molar-refractivity contribution is 5.94. The number of amides is 2. The fourth-order valence-electron chi connectivity index (χ4n) is 3.18. The number of hydrogen-bond acceptors (Lipinski definition) is 3. The molecule has 1 aromatic carbocycles. The van der Waals surface area contributed by atoms with Gasteiger partial charge in [-0.2, -0.15) is 0 Å². The van der Waals surface area contributed by atoms with Crippen molar-refractivity contribution in [2.75, 3.05) is 19.6 Å². The zero-order chi connectivity index (χ0) is 19.2. The maximum absolute atomic E-state index is 13.8. The molecule has 2 amide bonds. The molecule has 0 atom stereocenters.